The minimum absolute atomic E-state index is 0.0439. The second kappa shape index (κ2) is 7.19. The minimum atomic E-state index is -0.255. The Kier molecular flexibility index (Phi) is 5.04. The van der Waals surface area contributed by atoms with Crippen LogP contribution in [0.1, 0.15) is 21.5 Å². The molecule has 0 radical (unpaired) electrons. The van der Waals surface area contributed by atoms with Gasteiger partial charge in [-0.15, -0.1) is 0 Å². The number of rotatable bonds is 5. The molecule has 0 aliphatic carbocycles. The molecule has 0 bridgehead atoms. The van der Waals surface area contributed by atoms with Crippen LogP contribution in [0.25, 0.3) is 0 Å². The van der Waals surface area contributed by atoms with E-state index in [1.807, 2.05) is 31.2 Å². The zero-order chi connectivity index (χ0) is 15.1. The Bertz CT molecular complexity index is 609. The van der Waals surface area contributed by atoms with Crippen LogP contribution >= 0.6 is 0 Å². The number of benzene rings is 1. The van der Waals surface area contributed by atoms with Gasteiger partial charge in [-0.2, -0.15) is 0 Å². The van der Waals surface area contributed by atoms with Gasteiger partial charge in [0.05, 0.1) is 6.54 Å². The van der Waals surface area contributed by atoms with Crippen LogP contribution in [-0.2, 0) is 11.3 Å². The molecule has 1 aromatic heterocycles. The first kappa shape index (κ1) is 14.7. The van der Waals surface area contributed by atoms with Gasteiger partial charge in [0.25, 0.3) is 5.91 Å². The number of aromatic nitrogens is 1. The molecule has 0 saturated heterocycles. The normalized spacial score (nSPS) is 9.95. The summed E-state index contributed by atoms with van der Waals surface area (Å²) in [6.45, 7) is 2.33. The van der Waals surface area contributed by atoms with Crippen LogP contribution in [0.5, 0.6) is 0 Å². The van der Waals surface area contributed by atoms with Gasteiger partial charge < -0.3 is 10.6 Å². The first-order valence-corrected chi connectivity index (χ1v) is 6.65. The van der Waals surface area contributed by atoms with Gasteiger partial charge in [-0.05, 0) is 36.8 Å². The summed E-state index contributed by atoms with van der Waals surface area (Å²) in [6.07, 6.45) is 3.33. The molecule has 0 spiro atoms. The minimum Gasteiger partial charge on any atom is -0.350 e. The Labute approximate surface area is 123 Å². The van der Waals surface area contributed by atoms with E-state index in [1.54, 1.807) is 24.5 Å². The Morgan fingerprint density at radius 1 is 1.00 bits per heavy atom. The van der Waals surface area contributed by atoms with E-state index in [-0.39, 0.29) is 18.4 Å². The molecule has 1 aromatic carbocycles. The summed E-state index contributed by atoms with van der Waals surface area (Å²) in [6, 6.07) is 10.8. The highest BCUT2D eigenvalue weighted by molar-refractivity contribution is 5.96. The van der Waals surface area contributed by atoms with Crippen molar-refractivity contribution in [3.8, 4) is 0 Å². The lowest BCUT2D eigenvalue weighted by atomic mass is 10.1. The van der Waals surface area contributed by atoms with Crippen molar-refractivity contribution in [3.63, 3.8) is 0 Å². The number of hydrogen-bond donors (Lipinski definition) is 2. The second-order valence-electron chi connectivity index (χ2n) is 4.68. The molecule has 108 valence electrons. The summed E-state index contributed by atoms with van der Waals surface area (Å²) in [5.74, 6) is -0.485. The van der Waals surface area contributed by atoms with E-state index in [9.17, 15) is 9.59 Å². The zero-order valence-electron chi connectivity index (χ0n) is 11.8. The van der Waals surface area contributed by atoms with E-state index in [0.29, 0.717) is 12.1 Å². The SMILES string of the molecule is Cc1ccc(C(=O)NCC(=O)NCc2ccncc2)cc1. The predicted octanol–water partition coefficient (Wildman–Crippen LogP) is 1.44. The third-order valence-electron chi connectivity index (χ3n) is 2.96. The zero-order valence-corrected chi connectivity index (χ0v) is 11.8. The molecule has 0 aliphatic heterocycles. The standard InChI is InChI=1S/C16H17N3O2/c1-12-2-4-14(5-3-12)16(21)19-11-15(20)18-10-13-6-8-17-9-7-13/h2-9H,10-11H2,1H3,(H,18,20)(H,19,21). The van der Waals surface area contributed by atoms with Gasteiger partial charge in [-0.25, -0.2) is 0 Å². The fraction of sp³-hybridized carbons (Fsp3) is 0.188. The van der Waals surface area contributed by atoms with Gasteiger partial charge in [-0.3, -0.25) is 14.6 Å². The molecular weight excluding hydrogens is 266 g/mol. The average molecular weight is 283 g/mol. The van der Waals surface area contributed by atoms with Gasteiger partial charge >= 0.3 is 0 Å². The van der Waals surface area contributed by atoms with Crippen LogP contribution in [-0.4, -0.2) is 23.3 Å². The molecule has 2 N–H and O–H groups in total. The maximum Gasteiger partial charge on any atom is 0.251 e. The predicted molar refractivity (Wildman–Crippen MR) is 79.6 cm³/mol. The van der Waals surface area contributed by atoms with E-state index < -0.39 is 0 Å². The van der Waals surface area contributed by atoms with Crippen LogP contribution in [0.2, 0.25) is 0 Å². The van der Waals surface area contributed by atoms with E-state index in [1.165, 1.54) is 0 Å². The highest BCUT2D eigenvalue weighted by Crippen LogP contribution is 2.02. The second-order valence-corrected chi connectivity index (χ2v) is 4.68. The number of pyridine rings is 1. The summed E-state index contributed by atoms with van der Waals surface area (Å²) in [5.41, 5.74) is 2.59. The van der Waals surface area contributed by atoms with Crippen molar-refractivity contribution in [2.75, 3.05) is 6.54 Å². The van der Waals surface area contributed by atoms with Crippen LogP contribution < -0.4 is 10.6 Å². The van der Waals surface area contributed by atoms with E-state index in [4.69, 9.17) is 0 Å². The molecular formula is C16H17N3O2. The number of hydrogen-bond acceptors (Lipinski definition) is 3. The largest absolute Gasteiger partial charge is 0.350 e. The molecule has 0 unspecified atom stereocenters. The molecule has 2 aromatic rings. The topological polar surface area (TPSA) is 71.1 Å². The molecule has 1 heterocycles. The van der Waals surface area contributed by atoms with E-state index in [0.717, 1.165) is 11.1 Å². The van der Waals surface area contributed by atoms with Crippen molar-refractivity contribution in [1.82, 2.24) is 15.6 Å². The quantitative estimate of drug-likeness (QED) is 0.872. The van der Waals surface area contributed by atoms with Crippen LogP contribution in [0.3, 0.4) is 0 Å². The molecule has 5 nitrogen and oxygen atoms in total. The van der Waals surface area contributed by atoms with Crippen molar-refractivity contribution in [2.24, 2.45) is 0 Å². The van der Waals surface area contributed by atoms with E-state index >= 15 is 0 Å². The summed E-state index contributed by atoms with van der Waals surface area (Å²) in [5, 5.41) is 5.32. The lowest BCUT2D eigenvalue weighted by Gasteiger charge is -2.07. The molecule has 0 atom stereocenters. The molecule has 0 aliphatic rings. The van der Waals surface area contributed by atoms with Gasteiger partial charge in [0.2, 0.25) is 5.91 Å². The fourth-order valence-corrected chi connectivity index (χ4v) is 1.73. The van der Waals surface area contributed by atoms with Crippen molar-refractivity contribution < 1.29 is 9.59 Å². The number of aryl methyl sites for hydroxylation is 1. The van der Waals surface area contributed by atoms with Crippen molar-refractivity contribution in [1.29, 1.82) is 0 Å². The van der Waals surface area contributed by atoms with Gasteiger partial charge in [0.1, 0.15) is 0 Å². The van der Waals surface area contributed by atoms with Crippen molar-refractivity contribution >= 4 is 11.8 Å². The third kappa shape index (κ3) is 4.72. The highest BCUT2D eigenvalue weighted by Gasteiger charge is 2.07. The summed E-state index contributed by atoms with van der Waals surface area (Å²) < 4.78 is 0. The summed E-state index contributed by atoms with van der Waals surface area (Å²) in [4.78, 5) is 27.4. The highest BCUT2D eigenvalue weighted by atomic mass is 16.2. The van der Waals surface area contributed by atoms with Gasteiger partial charge in [-0.1, -0.05) is 17.7 Å². The number of amides is 2. The average Bonchev–Trinajstić information content (AvgIpc) is 2.52. The number of nitrogens with zero attached hydrogens (tertiary/aromatic N) is 1. The maximum absolute atomic E-state index is 11.8. The molecule has 21 heavy (non-hydrogen) atoms. The van der Waals surface area contributed by atoms with Gasteiger partial charge in [0.15, 0.2) is 0 Å². The molecule has 5 heteroatoms. The first-order valence-electron chi connectivity index (χ1n) is 6.65. The van der Waals surface area contributed by atoms with Gasteiger partial charge in [0, 0.05) is 24.5 Å². The van der Waals surface area contributed by atoms with Crippen LogP contribution in [0, 0.1) is 6.92 Å². The number of nitrogens with one attached hydrogen (secondary N) is 2. The first-order chi connectivity index (χ1) is 10.1. The number of carbonyl (C=O) groups is 2. The Balaban J connectivity index is 1.76. The van der Waals surface area contributed by atoms with Crippen molar-refractivity contribution in [2.45, 2.75) is 13.5 Å². The Morgan fingerprint density at radius 2 is 1.67 bits per heavy atom. The lowest BCUT2D eigenvalue weighted by Crippen LogP contribution is -2.36. The molecule has 2 rings (SSSR count). The Morgan fingerprint density at radius 3 is 2.33 bits per heavy atom. The van der Waals surface area contributed by atoms with Crippen LogP contribution in [0.15, 0.2) is 48.8 Å². The fourth-order valence-electron chi connectivity index (χ4n) is 1.73. The molecule has 2 amide bonds. The van der Waals surface area contributed by atoms with E-state index in [2.05, 4.69) is 15.6 Å². The molecule has 0 saturated carbocycles. The summed E-state index contributed by atoms with van der Waals surface area (Å²) >= 11 is 0. The third-order valence-corrected chi connectivity index (χ3v) is 2.96. The number of carbonyl (C=O) groups excluding carboxylic acids is 2. The smallest absolute Gasteiger partial charge is 0.251 e. The van der Waals surface area contributed by atoms with Crippen molar-refractivity contribution in [3.05, 3.63) is 65.5 Å². The maximum atomic E-state index is 11.8. The monoisotopic (exact) mass is 283 g/mol. The molecule has 0 fully saturated rings. The Hall–Kier alpha value is -2.69. The summed E-state index contributed by atoms with van der Waals surface area (Å²) in [7, 11) is 0. The van der Waals surface area contributed by atoms with Crippen LogP contribution in [0.4, 0.5) is 0 Å². The lowest BCUT2D eigenvalue weighted by molar-refractivity contribution is -0.120.